The number of hydrogen-bond acceptors (Lipinski definition) is 4. The maximum atomic E-state index is 5.67. The summed E-state index contributed by atoms with van der Waals surface area (Å²) in [6.45, 7) is 2.00. The molecule has 2 unspecified atom stereocenters. The van der Waals surface area contributed by atoms with Gasteiger partial charge in [-0.25, -0.2) is 0 Å². The molecule has 1 fully saturated rings. The molecule has 0 spiro atoms. The Labute approximate surface area is 89.6 Å². The molecule has 15 heavy (non-hydrogen) atoms. The Hall–Kier alpha value is -0.970. The molecule has 1 N–H and O–H groups in total. The van der Waals surface area contributed by atoms with Crippen molar-refractivity contribution in [2.24, 2.45) is 0 Å². The van der Waals surface area contributed by atoms with Crippen LogP contribution in [-0.2, 0) is 9.47 Å². The number of rotatable bonds is 3. The fourth-order valence-electron chi connectivity index (χ4n) is 1.83. The monoisotopic (exact) mass is 208 g/mol. The number of aromatic nitrogens is 1. The molecule has 0 radical (unpaired) electrons. The van der Waals surface area contributed by atoms with Crippen LogP contribution < -0.4 is 5.32 Å². The molecule has 0 amide bonds. The van der Waals surface area contributed by atoms with Gasteiger partial charge in [-0.2, -0.15) is 0 Å². The zero-order chi connectivity index (χ0) is 10.5. The van der Waals surface area contributed by atoms with Gasteiger partial charge >= 0.3 is 0 Å². The first-order valence-corrected chi connectivity index (χ1v) is 5.18. The fraction of sp³-hybridized carbons (Fsp3) is 0.545. The average Bonchev–Trinajstić information content (AvgIpc) is 2.33. The lowest BCUT2D eigenvalue weighted by Gasteiger charge is -2.30. The van der Waals surface area contributed by atoms with E-state index in [2.05, 4.69) is 10.3 Å². The highest BCUT2D eigenvalue weighted by atomic mass is 16.6. The van der Waals surface area contributed by atoms with Crippen LogP contribution in [0.25, 0.3) is 0 Å². The van der Waals surface area contributed by atoms with E-state index in [4.69, 9.17) is 9.47 Å². The van der Waals surface area contributed by atoms with Gasteiger partial charge in [-0.05, 0) is 18.7 Å². The molecule has 0 saturated carbocycles. The Morgan fingerprint density at radius 3 is 3.07 bits per heavy atom. The lowest BCUT2D eigenvalue weighted by Crippen LogP contribution is -2.39. The minimum Gasteiger partial charge on any atom is -0.376 e. The van der Waals surface area contributed by atoms with Crippen molar-refractivity contribution in [2.45, 2.75) is 12.1 Å². The van der Waals surface area contributed by atoms with Crippen molar-refractivity contribution >= 4 is 0 Å². The lowest BCUT2D eigenvalue weighted by molar-refractivity contribution is -0.101. The predicted octanol–water partition coefficient (Wildman–Crippen LogP) is 0.757. The van der Waals surface area contributed by atoms with E-state index in [1.807, 2.05) is 25.4 Å². The van der Waals surface area contributed by atoms with Crippen molar-refractivity contribution in [3.05, 3.63) is 30.1 Å². The Balaban J connectivity index is 2.09. The Kier molecular flexibility index (Phi) is 3.66. The first-order valence-electron chi connectivity index (χ1n) is 5.18. The van der Waals surface area contributed by atoms with Crippen molar-refractivity contribution in [1.82, 2.24) is 10.3 Å². The molecule has 2 rings (SSSR count). The number of pyridine rings is 1. The molecular formula is C11H16N2O2. The van der Waals surface area contributed by atoms with E-state index < -0.39 is 0 Å². The van der Waals surface area contributed by atoms with E-state index in [9.17, 15) is 0 Å². The molecule has 1 aliphatic heterocycles. The molecule has 1 aromatic heterocycles. The van der Waals surface area contributed by atoms with Gasteiger partial charge in [-0.1, -0.05) is 6.07 Å². The van der Waals surface area contributed by atoms with Crippen molar-refractivity contribution in [2.75, 3.05) is 26.9 Å². The third kappa shape index (κ3) is 2.53. The van der Waals surface area contributed by atoms with E-state index in [0.717, 1.165) is 5.56 Å². The summed E-state index contributed by atoms with van der Waals surface area (Å²) in [6, 6.07) is 4.13. The predicted molar refractivity (Wildman–Crippen MR) is 56.6 cm³/mol. The Morgan fingerprint density at radius 1 is 1.53 bits per heavy atom. The molecule has 0 aromatic carbocycles. The zero-order valence-corrected chi connectivity index (χ0v) is 8.85. The molecule has 2 atom stereocenters. The second kappa shape index (κ2) is 5.21. The maximum absolute atomic E-state index is 5.67. The van der Waals surface area contributed by atoms with Crippen molar-refractivity contribution in [3.63, 3.8) is 0 Å². The first-order chi connectivity index (χ1) is 7.42. The average molecular weight is 208 g/mol. The molecule has 0 bridgehead atoms. The van der Waals surface area contributed by atoms with Gasteiger partial charge in [0.1, 0.15) is 6.10 Å². The van der Waals surface area contributed by atoms with Gasteiger partial charge in [0.2, 0.25) is 0 Å². The largest absolute Gasteiger partial charge is 0.376 e. The van der Waals surface area contributed by atoms with Crippen LogP contribution in [0.3, 0.4) is 0 Å². The summed E-state index contributed by atoms with van der Waals surface area (Å²) in [7, 11) is 1.93. The van der Waals surface area contributed by atoms with Crippen LogP contribution >= 0.6 is 0 Å². The first kappa shape index (κ1) is 10.5. The van der Waals surface area contributed by atoms with Gasteiger partial charge in [0.15, 0.2) is 0 Å². The third-order valence-corrected chi connectivity index (χ3v) is 2.57. The van der Waals surface area contributed by atoms with Crippen molar-refractivity contribution in [1.29, 1.82) is 0 Å². The lowest BCUT2D eigenvalue weighted by atomic mass is 10.0. The van der Waals surface area contributed by atoms with Crippen LogP contribution in [0.5, 0.6) is 0 Å². The highest BCUT2D eigenvalue weighted by Crippen LogP contribution is 2.20. The Bertz CT molecular complexity index is 286. The third-order valence-electron chi connectivity index (χ3n) is 2.57. The fourth-order valence-corrected chi connectivity index (χ4v) is 1.83. The number of ether oxygens (including phenoxy) is 2. The molecule has 4 heteroatoms. The maximum Gasteiger partial charge on any atom is 0.100 e. The van der Waals surface area contributed by atoms with E-state index in [1.165, 1.54) is 0 Å². The van der Waals surface area contributed by atoms with Gasteiger partial charge in [0, 0.05) is 12.4 Å². The molecule has 4 nitrogen and oxygen atoms in total. The molecule has 1 aromatic rings. The quantitative estimate of drug-likeness (QED) is 0.796. The number of nitrogens with one attached hydrogen (secondary N) is 1. The highest BCUT2D eigenvalue weighted by Gasteiger charge is 2.25. The molecule has 2 heterocycles. The van der Waals surface area contributed by atoms with Crippen molar-refractivity contribution in [3.8, 4) is 0 Å². The molecular weight excluding hydrogens is 192 g/mol. The SMILES string of the molecule is CNC(c1cccnc1)C1COCCO1. The number of nitrogens with zero attached hydrogens (tertiary/aromatic N) is 1. The smallest absolute Gasteiger partial charge is 0.100 e. The van der Waals surface area contributed by atoms with Crippen LogP contribution in [-0.4, -0.2) is 38.0 Å². The summed E-state index contributed by atoms with van der Waals surface area (Å²) < 4.78 is 11.1. The van der Waals surface area contributed by atoms with E-state index in [1.54, 1.807) is 6.20 Å². The minimum absolute atomic E-state index is 0.0768. The van der Waals surface area contributed by atoms with E-state index in [-0.39, 0.29) is 12.1 Å². The molecule has 1 saturated heterocycles. The zero-order valence-electron chi connectivity index (χ0n) is 8.85. The second-order valence-corrected chi connectivity index (χ2v) is 3.54. The van der Waals surface area contributed by atoms with Crippen LogP contribution in [0.1, 0.15) is 11.6 Å². The standard InChI is InChI=1S/C11H16N2O2/c1-12-11(9-3-2-4-13-7-9)10-8-14-5-6-15-10/h2-4,7,10-12H,5-6,8H2,1H3. The summed E-state index contributed by atoms with van der Waals surface area (Å²) in [5, 5.41) is 3.24. The topological polar surface area (TPSA) is 43.4 Å². The number of hydrogen-bond donors (Lipinski definition) is 1. The molecule has 82 valence electrons. The van der Waals surface area contributed by atoms with Gasteiger partial charge in [-0.3, -0.25) is 4.98 Å². The Morgan fingerprint density at radius 2 is 2.47 bits per heavy atom. The summed E-state index contributed by atoms with van der Waals surface area (Å²) in [6.07, 6.45) is 3.71. The van der Waals surface area contributed by atoms with Crippen molar-refractivity contribution < 1.29 is 9.47 Å². The minimum atomic E-state index is 0.0768. The second-order valence-electron chi connectivity index (χ2n) is 3.54. The van der Waals surface area contributed by atoms with Gasteiger partial charge < -0.3 is 14.8 Å². The summed E-state index contributed by atoms with van der Waals surface area (Å²) in [5.74, 6) is 0. The number of likely N-dealkylation sites (N-methyl/N-ethyl adjacent to an activating group) is 1. The van der Waals surface area contributed by atoms with E-state index in [0.29, 0.717) is 19.8 Å². The highest BCUT2D eigenvalue weighted by molar-refractivity contribution is 5.15. The normalized spacial score (nSPS) is 23.7. The van der Waals surface area contributed by atoms with Crippen LogP contribution in [0.15, 0.2) is 24.5 Å². The van der Waals surface area contributed by atoms with Gasteiger partial charge in [0.25, 0.3) is 0 Å². The van der Waals surface area contributed by atoms with Crippen LogP contribution in [0, 0.1) is 0 Å². The van der Waals surface area contributed by atoms with Gasteiger partial charge in [-0.15, -0.1) is 0 Å². The van der Waals surface area contributed by atoms with Crippen LogP contribution in [0.2, 0.25) is 0 Å². The summed E-state index contributed by atoms with van der Waals surface area (Å²) in [4.78, 5) is 4.11. The molecule has 1 aliphatic rings. The summed E-state index contributed by atoms with van der Waals surface area (Å²) >= 11 is 0. The van der Waals surface area contributed by atoms with Crippen LogP contribution in [0.4, 0.5) is 0 Å². The van der Waals surface area contributed by atoms with Gasteiger partial charge in [0.05, 0.1) is 25.9 Å². The molecule has 0 aliphatic carbocycles. The van der Waals surface area contributed by atoms with E-state index >= 15 is 0 Å². The summed E-state index contributed by atoms with van der Waals surface area (Å²) in [5.41, 5.74) is 1.13.